The summed E-state index contributed by atoms with van der Waals surface area (Å²) in [7, 11) is 0. The summed E-state index contributed by atoms with van der Waals surface area (Å²) in [5.41, 5.74) is 0.689. The molecule has 1 heterocycles. The predicted octanol–water partition coefficient (Wildman–Crippen LogP) is 3.55. The molecule has 0 aliphatic carbocycles. The molecule has 0 spiro atoms. The van der Waals surface area contributed by atoms with Gasteiger partial charge in [0.2, 0.25) is 5.91 Å². The molecule has 1 aromatic carbocycles. The summed E-state index contributed by atoms with van der Waals surface area (Å²) in [4.78, 5) is 12.0. The van der Waals surface area contributed by atoms with E-state index in [0.717, 1.165) is 11.0 Å². The van der Waals surface area contributed by atoms with Gasteiger partial charge in [-0.25, -0.2) is 0 Å². The van der Waals surface area contributed by atoms with Crippen molar-refractivity contribution in [1.29, 1.82) is 0 Å². The van der Waals surface area contributed by atoms with E-state index in [4.69, 9.17) is 11.6 Å². The molecule has 0 saturated heterocycles. The molecular formula is C14H17ClN4OS. The van der Waals surface area contributed by atoms with E-state index in [-0.39, 0.29) is 17.7 Å². The second kappa shape index (κ2) is 6.95. The maximum Gasteiger partial charge on any atom is 0.234 e. The minimum absolute atomic E-state index is 0.0989. The van der Waals surface area contributed by atoms with Crippen molar-refractivity contribution in [1.82, 2.24) is 14.8 Å². The van der Waals surface area contributed by atoms with E-state index in [1.165, 1.54) is 11.8 Å². The highest BCUT2D eigenvalue weighted by atomic mass is 35.5. The fourth-order valence-electron chi connectivity index (χ4n) is 1.94. The van der Waals surface area contributed by atoms with Gasteiger partial charge in [0.1, 0.15) is 5.82 Å². The molecule has 0 saturated carbocycles. The van der Waals surface area contributed by atoms with Gasteiger partial charge in [0.05, 0.1) is 5.75 Å². The number of nitrogens with zero attached hydrogens (tertiary/aromatic N) is 3. The van der Waals surface area contributed by atoms with Crippen LogP contribution in [-0.4, -0.2) is 26.4 Å². The van der Waals surface area contributed by atoms with Gasteiger partial charge in [0.15, 0.2) is 5.16 Å². The Kier molecular flexibility index (Phi) is 5.25. The summed E-state index contributed by atoms with van der Waals surface area (Å²) < 4.78 is 2.01. The Labute approximate surface area is 133 Å². The van der Waals surface area contributed by atoms with Crippen molar-refractivity contribution in [2.45, 2.75) is 32.0 Å². The molecule has 2 aromatic rings. The Balaban J connectivity index is 1.96. The van der Waals surface area contributed by atoms with Crippen molar-refractivity contribution in [3.63, 3.8) is 0 Å². The van der Waals surface area contributed by atoms with Crippen LogP contribution in [0.2, 0.25) is 5.02 Å². The topological polar surface area (TPSA) is 59.8 Å². The van der Waals surface area contributed by atoms with E-state index in [2.05, 4.69) is 29.4 Å². The standard InChI is InChI=1S/C14H17ClN4OS/c1-9(2)19-10(3)17-18-14(19)21-8-13(20)16-12-6-4-5-11(15)7-12/h4-7,9H,8H2,1-3H3,(H,16,20). The zero-order valence-electron chi connectivity index (χ0n) is 12.1. The molecule has 7 heteroatoms. The van der Waals surface area contributed by atoms with Crippen LogP contribution in [0.1, 0.15) is 25.7 Å². The quantitative estimate of drug-likeness (QED) is 0.854. The van der Waals surface area contributed by atoms with Crippen molar-refractivity contribution in [3.8, 4) is 0 Å². The van der Waals surface area contributed by atoms with E-state index >= 15 is 0 Å². The number of aryl methyl sites for hydroxylation is 1. The lowest BCUT2D eigenvalue weighted by Gasteiger charge is -2.11. The minimum atomic E-state index is -0.0989. The van der Waals surface area contributed by atoms with Crippen LogP contribution in [0.25, 0.3) is 0 Å². The number of hydrogen-bond acceptors (Lipinski definition) is 4. The van der Waals surface area contributed by atoms with Crippen LogP contribution in [0.5, 0.6) is 0 Å². The Morgan fingerprint density at radius 1 is 1.43 bits per heavy atom. The fraction of sp³-hybridized carbons (Fsp3) is 0.357. The number of carbonyl (C=O) groups is 1. The molecule has 0 bridgehead atoms. The first-order valence-electron chi connectivity index (χ1n) is 6.57. The van der Waals surface area contributed by atoms with Gasteiger partial charge in [-0.15, -0.1) is 10.2 Å². The van der Waals surface area contributed by atoms with E-state index in [9.17, 15) is 4.79 Å². The SMILES string of the molecule is Cc1nnc(SCC(=O)Nc2cccc(Cl)c2)n1C(C)C. The van der Waals surface area contributed by atoms with Gasteiger partial charge in [0, 0.05) is 16.8 Å². The minimum Gasteiger partial charge on any atom is -0.325 e. The number of halogens is 1. The van der Waals surface area contributed by atoms with Gasteiger partial charge < -0.3 is 9.88 Å². The summed E-state index contributed by atoms with van der Waals surface area (Å²) >= 11 is 7.25. The molecule has 2 rings (SSSR count). The average Bonchev–Trinajstić information content (AvgIpc) is 2.77. The van der Waals surface area contributed by atoms with Gasteiger partial charge in [-0.3, -0.25) is 4.79 Å². The molecule has 21 heavy (non-hydrogen) atoms. The molecule has 1 N–H and O–H groups in total. The van der Waals surface area contributed by atoms with Crippen LogP contribution in [0.4, 0.5) is 5.69 Å². The monoisotopic (exact) mass is 324 g/mol. The van der Waals surface area contributed by atoms with E-state index < -0.39 is 0 Å². The van der Waals surface area contributed by atoms with Crippen LogP contribution < -0.4 is 5.32 Å². The van der Waals surface area contributed by atoms with Crippen LogP contribution >= 0.6 is 23.4 Å². The molecule has 1 amide bonds. The van der Waals surface area contributed by atoms with Gasteiger partial charge in [0.25, 0.3) is 0 Å². The summed E-state index contributed by atoms with van der Waals surface area (Å²) in [6.07, 6.45) is 0. The lowest BCUT2D eigenvalue weighted by Crippen LogP contribution is -2.15. The number of hydrogen-bond donors (Lipinski definition) is 1. The first-order valence-corrected chi connectivity index (χ1v) is 7.93. The van der Waals surface area contributed by atoms with Crippen molar-refractivity contribution >= 4 is 35.0 Å². The van der Waals surface area contributed by atoms with E-state index in [0.29, 0.717) is 10.7 Å². The molecular weight excluding hydrogens is 308 g/mol. The highest BCUT2D eigenvalue weighted by Crippen LogP contribution is 2.21. The van der Waals surface area contributed by atoms with Crippen molar-refractivity contribution < 1.29 is 4.79 Å². The Morgan fingerprint density at radius 3 is 2.86 bits per heavy atom. The van der Waals surface area contributed by atoms with Crippen LogP contribution in [-0.2, 0) is 4.79 Å². The second-order valence-corrected chi connectivity index (χ2v) is 6.22. The van der Waals surface area contributed by atoms with Crippen molar-refractivity contribution in [2.75, 3.05) is 11.1 Å². The number of rotatable bonds is 5. The van der Waals surface area contributed by atoms with Crippen LogP contribution in [0, 0.1) is 6.92 Å². The molecule has 0 radical (unpaired) electrons. The number of anilines is 1. The van der Waals surface area contributed by atoms with E-state index in [1.54, 1.807) is 24.3 Å². The smallest absolute Gasteiger partial charge is 0.234 e. The maximum absolute atomic E-state index is 12.0. The van der Waals surface area contributed by atoms with Crippen LogP contribution in [0.15, 0.2) is 29.4 Å². The summed E-state index contributed by atoms with van der Waals surface area (Å²) in [6, 6.07) is 7.34. The third kappa shape index (κ3) is 4.22. The number of thioether (sulfide) groups is 1. The third-order valence-corrected chi connectivity index (χ3v) is 3.97. The maximum atomic E-state index is 12.0. The first kappa shape index (κ1) is 15.9. The second-order valence-electron chi connectivity index (χ2n) is 4.84. The highest BCUT2D eigenvalue weighted by molar-refractivity contribution is 7.99. The number of nitrogens with one attached hydrogen (secondary N) is 1. The lowest BCUT2D eigenvalue weighted by atomic mass is 10.3. The van der Waals surface area contributed by atoms with Gasteiger partial charge in [-0.1, -0.05) is 29.4 Å². The molecule has 0 unspecified atom stereocenters. The number of aromatic nitrogens is 3. The van der Waals surface area contributed by atoms with E-state index in [1.807, 2.05) is 11.5 Å². The Hall–Kier alpha value is -1.53. The summed E-state index contributed by atoms with van der Waals surface area (Å²) in [6.45, 7) is 6.03. The summed E-state index contributed by atoms with van der Waals surface area (Å²) in [5, 5.41) is 12.3. The highest BCUT2D eigenvalue weighted by Gasteiger charge is 2.13. The summed E-state index contributed by atoms with van der Waals surface area (Å²) in [5.74, 6) is 1.03. The normalized spacial score (nSPS) is 10.9. The molecule has 0 aliphatic rings. The molecule has 0 fully saturated rings. The fourth-order valence-corrected chi connectivity index (χ4v) is 3.04. The molecule has 5 nitrogen and oxygen atoms in total. The molecule has 0 atom stereocenters. The molecule has 112 valence electrons. The third-order valence-electron chi connectivity index (χ3n) is 2.79. The average molecular weight is 325 g/mol. The Morgan fingerprint density at radius 2 is 2.19 bits per heavy atom. The van der Waals surface area contributed by atoms with Crippen molar-refractivity contribution in [2.24, 2.45) is 0 Å². The lowest BCUT2D eigenvalue weighted by molar-refractivity contribution is -0.113. The zero-order valence-corrected chi connectivity index (χ0v) is 13.7. The van der Waals surface area contributed by atoms with Crippen molar-refractivity contribution in [3.05, 3.63) is 35.1 Å². The Bertz CT molecular complexity index is 642. The van der Waals surface area contributed by atoms with Gasteiger partial charge in [-0.05, 0) is 39.0 Å². The van der Waals surface area contributed by atoms with Gasteiger partial charge in [-0.2, -0.15) is 0 Å². The molecule has 1 aromatic heterocycles. The first-order chi connectivity index (χ1) is 9.97. The van der Waals surface area contributed by atoms with Crippen LogP contribution in [0.3, 0.4) is 0 Å². The molecule has 0 aliphatic heterocycles. The number of amides is 1. The largest absolute Gasteiger partial charge is 0.325 e. The van der Waals surface area contributed by atoms with Gasteiger partial charge >= 0.3 is 0 Å². The number of benzene rings is 1. The predicted molar refractivity (Wildman–Crippen MR) is 85.9 cm³/mol. The number of carbonyl (C=O) groups excluding carboxylic acids is 1. The zero-order chi connectivity index (χ0) is 15.4.